The van der Waals surface area contributed by atoms with Crippen LogP contribution in [0.2, 0.25) is 0 Å². The summed E-state index contributed by atoms with van der Waals surface area (Å²) in [7, 11) is 4.20. The van der Waals surface area contributed by atoms with Gasteiger partial charge in [0, 0.05) is 30.4 Å². The van der Waals surface area contributed by atoms with Crippen molar-refractivity contribution in [3.63, 3.8) is 0 Å². The van der Waals surface area contributed by atoms with Crippen molar-refractivity contribution in [1.82, 2.24) is 15.2 Å². The Hall–Kier alpha value is -0.450. The summed E-state index contributed by atoms with van der Waals surface area (Å²) in [6.07, 6.45) is 1.06. The van der Waals surface area contributed by atoms with E-state index in [0.29, 0.717) is 6.04 Å². The van der Waals surface area contributed by atoms with E-state index in [-0.39, 0.29) is 0 Å². The minimum absolute atomic E-state index is 0.534. The van der Waals surface area contributed by atoms with Crippen molar-refractivity contribution < 1.29 is 0 Å². The molecule has 0 fully saturated rings. The fourth-order valence-corrected chi connectivity index (χ4v) is 2.38. The van der Waals surface area contributed by atoms with Crippen molar-refractivity contribution in [3.05, 3.63) is 15.6 Å². The van der Waals surface area contributed by atoms with Gasteiger partial charge in [0.15, 0.2) is 0 Å². The van der Waals surface area contributed by atoms with Crippen LogP contribution in [0.3, 0.4) is 0 Å². The number of thiazole rings is 1. The summed E-state index contributed by atoms with van der Waals surface area (Å²) in [5.41, 5.74) is 1.19. The summed E-state index contributed by atoms with van der Waals surface area (Å²) in [6.45, 7) is 8.47. The molecule has 0 saturated heterocycles. The Kier molecular flexibility index (Phi) is 5.38. The number of nitrogens with zero attached hydrogens (tertiary/aromatic N) is 2. The molecule has 0 aromatic carbocycles. The van der Waals surface area contributed by atoms with Crippen LogP contribution in [0.4, 0.5) is 0 Å². The van der Waals surface area contributed by atoms with Crippen LogP contribution in [0.5, 0.6) is 0 Å². The molecule has 1 aromatic heterocycles. The minimum atomic E-state index is 0.534. The predicted octanol–water partition coefficient (Wildman–Crippen LogP) is 2.05. The fraction of sp³-hybridized carbons (Fsp3) is 0.750. The molecule has 0 aliphatic carbocycles. The van der Waals surface area contributed by atoms with Crippen molar-refractivity contribution in [2.75, 3.05) is 20.6 Å². The molecule has 1 aromatic rings. The van der Waals surface area contributed by atoms with Gasteiger partial charge >= 0.3 is 0 Å². The van der Waals surface area contributed by atoms with Gasteiger partial charge in [0.2, 0.25) is 0 Å². The van der Waals surface area contributed by atoms with E-state index in [1.54, 1.807) is 0 Å². The Morgan fingerprint density at radius 1 is 1.38 bits per heavy atom. The van der Waals surface area contributed by atoms with E-state index in [9.17, 15) is 0 Å². The van der Waals surface area contributed by atoms with Gasteiger partial charge in [-0.15, -0.1) is 11.3 Å². The van der Waals surface area contributed by atoms with Crippen LogP contribution in [0.25, 0.3) is 0 Å². The number of likely N-dealkylation sites (N-methyl/N-ethyl adjacent to an activating group) is 1. The second-order valence-electron chi connectivity index (χ2n) is 4.71. The molecule has 16 heavy (non-hydrogen) atoms. The van der Waals surface area contributed by atoms with E-state index < -0.39 is 0 Å². The molecule has 0 radical (unpaired) electrons. The topological polar surface area (TPSA) is 28.2 Å². The largest absolute Gasteiger partial charge is 0.310 e. The maximum Gasteiger partial charge on any atom is 0.0944 e. The van der Waals surface area contributed by atoms with E-state index in [0.717, 1.165) is 19.5 Å². The van der Waals surface area contributed by atoms with E-state index in [1.807, 2.05) is 11.3 Å². The molecular weight excluding hydrogens is 218 g/mol. The normalized spacial score (nSPS) is 11.7. The third-order valence-corrected chi connectivity index (χ3v) is 3.60. The highest BCUT2D eigenvalue weighted by Gasteiger charge is 2.07. The van der Waals surface area contributed by atoms with Gasteiger partial charge in [0.1, 0.15) is 0 Å². The second kappa shape index (κ2) is 6.33. The van der Waals surface area contributed by atoms with E-state index >= 15 is 0 Å². The SMILES string of the molecule is Cc1nc(CCN(C)C)sc1CNC(C)C. The smallest absolute Gasteiger partial charge is 0.0944 e. The first-order valence-corrected chi connectivity index (χ1v) is 6.64. The van der Waals surface area contributed by atoms with Crippen molar-refractivity contribution in [3.8, 4) is 0 Å². The Labute approximate surface area is 103 Å². The number of hydrogen-bond donors (Lipinski definition) is 1. The molecule has 1 heterocycles. The van der Waals surface area contributed by atoms with E-state index in [4.69, 9.17) is 0 Å². The lowest BCUT2D eigenvalue weighted by Gasteiger charge is -2.06. The van der Waals surface area contributed by atoms with Gasteiger partial charge in [-0.25, -0.2) is 4.98 Å². The first-order valence-electron chi connectivity index (χ1n) is 5.82. The van der Waals surface area contributed by atoms with Crippen LogP contribution in [0, 0.1) is 6.92 Å². The highest BCUT2D eigenvalue weighted by molar-refractivity contribution is 7.11. The summed E-state index contributed by atoms with van der Waals surface area (Å²) < 4.78 is 0. The first kappa shape index (κ1) is 13.6. The maximum absolute atomic E-state index is 4.61. The Morgan fingerprint density at radius 3 is 2.62 bits per heavy atom. The van der Waals surface area contributed by atoms with Crippen LogP contribution >= 0.6 is 11.3 Å². The maximum atomic E-state index is 4.61. The highest BCUT2D eigenvalue weighted by atomic mass is 32.1. The Morgan fingerprint density at radius 2 is 2.06 bits per heavy atom. The molecule has 3 nitrogen and oxygen atoms in total. The lowest BCUT2D eigenvalue weighted by molar-refractivity contribution is 0.413. The molecule has 0 bridgehead atoms. The van der Waals surface area contributed by atoms with Crippen LogP contribution in [0.15, 0.2) is 0 Å². The van der Waals surface area contributed by atoms with Crippen molar-refractivity contribution in [2.24, 2.45) is 0 Å². The molecule has 0 atom stereocenters. The Bertz CT molecular complexity index is 318. The molecule has 0 spiro atoms. The third kappa shape index (κ3) is 4.60. The summed E-state index contributed by atoms with van der Waals surface area (Å²) in [4.78, 5) is 8.19. The van der Waals surface area contributed by atoms with E-state index in [2.05, 4.69) is 50.1 Å². The van der Waals surface area contributed by atoms with Crippen LogP contribution in [-0.4, -0.2) is 36.6 Å². The molecule has 0 aliphatic rings. The first-order chi connectivity index (χ1) is 7.49. The third-order valence-electron chi connectivity index (χ3n) is 2.38. The molecule has 0 unspecified atom stereocenters. The molecule has 0 aliphatic heterocycles. The molecule has 1 N–H and O–H groups in total. The number of aryl methyl sites for hydroxylation is 1. The van der Waals surface area contributed by atoms with Gasteiger partial charge in [-0.3, -0.25) is 0 Å². The van der Waals surface area contributed by atoms with Crippen LogP contribution < -0.4 is 5.32 Å². The lowest BCUT2D eigenvalue weighted by Crippen LogP contribution is -2.21. The fourth-order valence-electron chi connectivity index (χ4n) is 1.38. The monoisotopic (exact) mass is 241 g/mol. The van der Waals surface area contributed by atoms with Crippen molar-refractivity contribution in [1.29, 1.82) is 0 Å². The highest BCUT2D eigenvalue weighted by Crippen LogP contribution is 2.18. The van der Waals surface area contributed by atoms with Gasteiger partial charge < -0.3 is 10.2 Å². The summed E-state index contributed by atoms with van der Waals surface area (Å²) >= 11 is 1.84. The van der Waals surface area contributed by atoms with Crippen LogP contribution in [0.1, 0.15) is 29.4 Å². The Balaban J connectivity index is 2.52. The number of aromatic nitrogens is 1. The molecular formula is C12H23N3S. The quantitative estimate of drug-likeness (QED) is 0.826. The summed E-state index contributed by atoms with van der Waals surface area (Å²) in [5.74, 6) is 0. The molecule has 0 saturated carbocycles. The zero-order valence-electron chi connectivity index (χ0n) is 11.0. The van der Waals surface area contributed by atoms with Crippen molar-refractivity contribution >= 4 is 11.3 Å². The molecule has 0 amide bonds. The second-order valence-corrected chi connectivity index (χ2v) is 5.87. The number of hydrogen-bond acceptors (Lipinski definition) is 4. The standard InChI is InChI=1S/C12H23N3S/c1-9(2)13-8-11-10(3)14-12(16-11)6-7-15(4)5/h9,13H,6-8H2,1-5H3. The zero-order valence-corrected chi connectivity index (χ0v) is 11.8. The average Bonchev–Trinajstić information content (AvgIpc) is 2.53. The zero-order chi connectivity index (χ0) is 12.1. The number of rotatable bonds is 6. The van der Waals surface area contributed by atoms with Gasteiger partial charge in [-0.2, -0.15) is 0 Å². The number of nitrogens with one attached hydrogen (secondary N) is 1. The van der Waals surface area contributed by atoms with Gasteiger partial charge in [0.25, 0.3) is 0 Å². The van der Waals surface area contributed by atoms with E-state index in [1.165, 1.54) is 15.6 Å². The molecule has 1 rings (SSSR count). The van der Waals surface area contributed by atoms with Crippen LogP contribution in [-0.2, 0) is 13.0 Å². The van der Waals surface area contributed by atoms with Gasteiger partial charge in [-0.05, 0) is 21.0 Å². The molecule has 4 heteroatoms. The predicted molar refractivity (Wildman–Crippen MR) is 71.1 cm³/mol. The summed E-state index contributed by atoms with van der Waals surface area (Å²) in [6, 6.07) is 0.534. The minimum Gasteiger partial charge on any atom is -0.310 e. The average molecular weight is 241 g/mol. The lowest BCUT2D eigenvalue weighted by atomic mass is 10.3. The van der Waals surface area contributed by atoms with Gasteiger partial charge in [0.05, 0.1) is 10.7 Å². The van der Waals surface area contributed by atoms with Crippen molar-refractivity contribution in [2.45, 2.75) is 39.8 Å². The molecule has 92 valence electrons. The van der Waals surface area contributed by atoms with Gasteiger partial charge in [-0.1, -0.05) is 13.8 Å². The summed E-state index contributed by atoms with van der Waals surface area (Å²) in [5, 5.41) is 4.70.